The van der Waals surface area contributed by atoms with Gasteiger partial charge in [-0.2, -0.15) is 0 Å². The molecule has 0 saturated carbocycles. The van der Waals surface area contributed by atoms with Crippen molar-refractivity contribution in [3.05, 3.63) is 218 Å². The molecule has 0 bridgehead atoms. The number of rotatable bonds is 6. The number of furan rings is 2. The van der Waals surface area contributed by atoms with Crippen LogP contribution in [0.2, 0.25) is 0 Å². The monoisotopic (exact) mass is 792 g/mol. The molecule has 2 heterocycles. The molecule has 0 aliphatic rings. The summed E-state index contributed by atoms with van der Waals surface area (Å²) in [5, 5.41) is 13.6. The largest absolute Gasteiger partial charge is 0.455 e. The van der Waals surface area contributed by atoms with Crippen molar-refractivity contribution in [2.24, 2.45) is 0 Å². The SMILES string of the molecule is c1ccc(N(c2ccc3ccccc3c2)c2ccc3c(ccc4c5cc6c(cc5oc34)oc3c4ccc(N(c5ccccc5)c5ccc7ccccc7c5)cc4ccc63)c2)cc1. The molecule has 290 valence electrons. The van der Waals surface area contributed by atoms with Gasteiger partial charge in [-0.15, -0.1) is 0 Å². The second-order valence-electron chi connectivity index (χ2n) is 16.1. The normalized spacial score (nSPS) is 11.9. The first-order valence-electron chi connectivity index (χ1n) is 21.1. The highest BCUT2D eigenvalue weighted by Gasteiger charge is 2.20. The van der Waals surface area contributed by atoms with Gasteiger partial charge >= 0.3 is 0 Å². The van der Waals surface area contributed by atoms with Crippen molar-refractivity contribution < 1.29 is 8.83 Å². The van der Waals surface area contributed by atoms with Crippen LogP contribution in [0.5, 0.6) is 0 Å². The smallest absolute Gasteiger partial charge is 0.143 e. The van der Waals surface area contributed by atoms with E-state index in [0.717, 1.165) is 99.5 Å². The fraction of sp³-hybridized carbons (Fsp3) is 0. The number of hydrogen-bond donors (Lipinski definition) is 0. The zero-order valence-corrected chi connectivity index (χ0v) is 33.5. The minimum absolute atomic E-state index is 0.811. The van der Waals surface area contributed by atoms with Gasteiger partial charge in [0.25, 0.3) is 0 Å². The molecule has 0 unspecified atom stereocenters. The van der Waals surface area contributed by atoms with Crippen LogP contribution in [0, 0.1) is 0 Å². The molecule has 13 aromatic rings. The summed E-state index contributed by atoms with van der Waals surface area (Å²) in [6, 6.07) is 78.0. The molecule has 0 spiro atoms. The van der Waals surface area contributed by atoms with E-state index >= 15 is 0 Å². The third-order valence-corrected chi connectivity index (χ3v) is 12.5. The van der Waals surface area contributed by atoms with Crippen molar-refractivity contribution in [2.75, 3.05) is 9.80 Å². The molecule has 0 atom stereocenters. The average Bonchev–Trinajstić information content (AvgIpc) is 3.89. The molecule has 4 heteroatoms. The molecule has 2 aromatic heterocycles. The molecule has 0 aliphatic heterocycles. The second-order valence-corrected chi connectivity index (χ2v) is 16.1. The standard InChI is InChI=1S/C58H36N2O2/c1-3-15-43(16-4-1)59(45-23-19-37-11-7-9-13-39(37)31-45)47-25-29-49-41(33-47)21-27-51-53-35-54-52-28-22-42-34-48(26-30-50(42)58(52)62-56(54)36-55(53)61-57(49)51)60(44-17-5-2-6-18-44)46-24-20-38-12-8-10-14-40(38)32-46/h1-36H. The first-order chi connectivity index (χ1) is 30.7. The van der Waals surface area contributed by atoms with Gasteiger partial charge in [-0.3, -0.25) is 0 Å². The maximum absolute atomic E-state index is 6.75. The molecule has 0 radical (unpaired) electrons. The molecular weight excluding hydrogens is 757 g/mol. The number of nitrogens with zero attached hydrogens (tertiary/aromatic N) is 2. The summed E-state index contributed by atoms with van der Waals surface area (Å²) >= 11 is 0. The molecule has 4 nitrogen and oxygen atoms in total. The van der Waals surface area contributed by atoms with E-state index in [1.807, 2.05) is 0 Å². The molecule has 0 N–H and O–H groups in total. The lowest BCUT2D eigenvalue weighted by Crippen LogP contribution is -2.09. The van der Waals surface area contributed by atoms with E-state index in [-0.39, 0.29) is 0 Å². The summed E-state index contributed by atoms with van der Waals surface area (Å²) in [6.45, 7) is 0. The highest BCUT2D eigenvalue weighted by Crippen LogP contribution is 2.44. The Bertz CT molecular complexity index is 3630. The summed E-state index contributed by atoms with van der Waals surface area (Å²) in [7, 11) is 0. The van der Waals surface area contributed by atoms with Crippen molar-refractivity contribution in [1.82, 2.24) is 0 Å². The Morgan fingerprint density at radius 3 is 1.03 bits per heavy atom. The Morgan fingerprint density at radius 2 is 0.581 bits per heavy atom. The van der Waals surface area contributed by atoms with Gasteiger partial charge in [-0.05, 0) is 135 Å². The van der Waals surface area contributed by atoms with Crippen LogP contribution in [0.15, 0.2) is 227 Å². The van der Waals surface area contributed by atoms with Gasteiger partial charge in [0, 0.05) is 72.5 Å². The minimum Gasteiger partial charge on any atom is -0.455 e. The molecule has 11 aromatic carbocycles. The third kappa shape index (κ3) is 5.47. The number of fused-ring (bicyclic) bond motifs is 12. The van der Waals surface area contributed by atoms with Gasteiger partial charge in [0.2, 0.25) is 0 Å². The van der Waals surface area contributed by atoms with Crippen molar-refractivity contribution in [1.29, 1.82) is 0 Å². The number of hydrogen-bond acceptors (Lipinski definition) is 4. The molecule has 13 rings (SSSR count). The van der Waals surface area contributed by atoms with Crippen LogP contribution in [-0.4, -0.2) is 0 Å². The lowest BCUT2D eigenvalue weighted by Gasteiger charge is -2.26. The van der Waals surface area contributed by atoms with Gasteiger partial charge in [0.15, 0.2) is 0 Å². The molecule has 0 fully saturated rings. The number of anilines is 6. The summed E-state index contributed by atoms with van der Waals surface area (Å²) in [4.78, 5) is 4.64. The number of benzene rings is 11. The lowest BCUT2D eigenvalue weighted by atomic mass is 10.0. The quantitative estimate of drug-likeness (QED) is 0.168. The summed E-state index contributed by atoms with van der Waals surface area (Å²) in [5.41, 5.74) is 9.97. The minimum atomic E-state index is 0.811. The van der Waals surface area contributed by atoms with Crippen molar-refractivity contribution in [3.63, 3.8) is 0 Å². The molecule has 0 aliphatic carbocycles. The fourth-order valence-corrected chi connectivity index (χ4v) is 9.55. The van der Waals surface area contributed by atoms with E-state index in [1.54, 1.807) is 0 Å². The zero-order valence-electron chi connectivity index (χ0n) is 33.5. The predicted molar refractivity (Wildman–Crippen MR) is 260 cm³/mol. The zero-order chi connectivity index (χ0) is 40.7. The van der Waals surface area contributed by atoms with Crippen LogP contribution < -0.4 is 9.80 Å². The van der Waals surface area contributed by atoms with Crippen LogP contribution in [0.25, 0.3) is 87.0 Å². The lowest BCUT2D eigenvalue weighted by molar-refractivity contribution is 0.660. The Balaban J connectivity index is 0.903. The van der Waals surface area contributed by atoms with Gasteiger partial charge in [0.1, 0.15) is 22.3 Å². The predicted octanol–water partition coefficient (Wildman–Crippen LogP) is 17.0. The maximum Gasteiger partial charge on any atom is 0.143 e. The van der Waals surface area contributed by atoms with Gasteiger partial charge < -0.3 is 18.6 Å². The third-order valence-electron chi connectivity index (χ3n) is 12.5. The summed E-state index contributed by atoms with van der Waals surface area (Å²) in [5.74, 6) is 0. The summed E-state index contributed by atoms with van der Waals surface area (Å²) < 4.78 is 13.5. The van der Waals surface area contributed by atoms with E-state index in [2.05, 4.69) is 228 Å². The Kier molecular flexibility index (Phi) is 7.57. The van der Waals surface area contributed by atoms with Crippen LogP contribution in [0.3, 0.4) is 0 Å². The molecule has 62 heavy (non-hydrogen) atoms. The highest BCUT2D eigenvalue weighted by atomic mass is 16.3. The van der Waals surface area contributed by atoms with Crippen LogP contribution in [0.4, 0.5) is 34.1 Å². The van der Waals surface area contributed by atoms with E-state index in [4.69, 9.17) is 8.83 Å². The van der Waals surface area contributed by atoms with Gasteiger partial charge in [-0.25, -0.2) is 0 Å². The first kappa shape index (κ1) is 34.5. The van der Waals surface area contributed by atoms with Gasteiger partial charge in [0.05, 0.1) is 0 Å². The molecular formula is C58H36N2O2. The topological polar surface area (TPSA) is 32.8 Å². The van der Waals surface area contributed by atoms with E-state index < -0.39 is 0 Å². The Hall–Kier alpha value is -8.34. The van der Waals surface area contributed by atoms with Crippen molar-refractivity contribution in [3.8, 4) is 0 Å². The Labute approximate surface area is 356 Å². The van der Waals surface area contributed by atoms with Crippen molar-refractivity contribution >= 4 is 121 Å². The highest BCUT2D eigenvalue weighted by molar-refractivity contribution is 6.22. The fourth-order valence-electron chi connectivity index (χ4n) is 9.55. The van der Waals surface area contributed by atoms with Crippen molar-refractivity contribution in [2.45, 2.75) is 0 Å². The molecule has 0 saturated heterocycles. The van der Waals surface area contributed by atoms with Crippen LogP contribution in [-0.2, 0) is 0 Å². The number of para-hydroxylation sites is 2. The van der Waals surface area contributed by atoms with E-state index in [1.165, 1.54) is 21.5 Å². The first-order valence-corrected chi connectivity index (χ1v) is 21.1. The van der Waals surface area contributed by atoms with Crippen LogP contribution in [0.1, 0.15) is 0 Å². The maximum atomic E-state index is 6.75. The molecule has 0 amide bonds. The average molecular weight is 793 g/mol. The Morgan fingerprint density at radius 1 is 0.226 bits per heavy atom. The van der Waals surface area contributed by atoms with Gasteiger partial charge in [-0.1, -0.05) is 109 Å². The van der Waals surface area contributed by atoms with E-state index in [0.29, 0.717) is 0 Å². The summed E-state index contributed by atoms with van der Waals surface area (Å²) in [6.07, 6.45) is 0. The van der Waals surface area contributed by atoms with Crippen LogP contribution >= 0.6 is 0 Å². The van der Waals surface area contributed by atoms with E-state index in [9.17, 15) is 0 Å². The second kappa shape index (κ2) is 13.6.